The lowest BCUT2D eigenvalue weighted by atomic mass is 9.87. The van der Waals surface area contributed by atoms with Gasteiger partial charge in [-0.3, -0.25) is 4.90 Å². The largest absolute Gasteiger partial charge is 0.483 e. The van der Waals surface area contributed by atoms with E-state index >= 15 is 0 Å². The molecule has 4 fully saturated rings. The fraction of sp³-hybridized carbons (Fsp3) is 0.615. The molecule has 0 amide bonds. The molecule has 1 aliphatic carbocycles. The molecule has 2 atom stereocenters. The zero-order valence-electron chi connectivity index (χ0n) is 20.7. The Morgan fingerprint density at radius 3 is 2.58 bits per heavy atom. The van der Waals surface area contributed by atoms with E-state index in [9.17, 15) is 8.42 Å². The van der Waals surface area contributed by atoms with Gasteiger partial charge in [0, 0.05) is 44.7 Å². The van der Waals surface area contributed by atoms with Crippen molar-refractivity contribution in [2.75, 3.05) is 61.0 Å². The Morgan fingerprint density at radius 1 is 1.06 bits per heavy atom. The van der Waals surface area contributed by atoms with Crippen LogP contribution >= 0.6 is 0 Å². The number of likely N-dealkylation sites (tertiary alicyclic amines) is 1. The van der Waals surface area contributed by atoms with Crippen LogP contribution in [0.25, 0.3) is 0 Å². The van der Waals surface area contributed by atoms with E-state index < -0.39 is 9.84 Å². The predicted octanol–water partition coefficient (Wildman–Crippen LogP) is 2.55. The Kier molecular flexibility index (Phi) is 5.41. The van der Waals surface area contributed by atoms with E-state index in [1.165, 1.54) is 30.4 Å². The molecule has 5 aliphatic rings. The first-order valence-corrected chi connectivity index (χ1v) is 15.1. The summed E-state index contributed by atoms with van der Waals surface area (Å²) >= 11 is 0. The molecular formula is C26H34N6O3S. The Bertz CT molecular complexity index is 1270. The Balaban J connectivity index is 1.21. The molecule has 9 nitrogen and oxygen atoms in total. The molecular weight excluding hydrogens is 476 g/mol. The number of aromatic nitrogens is 2. The Labute approximate surface area is 212 Å². The second-order valence-corrected chi connectivity index (χ2v) is 13.3. The number of ether oxygens (including phenoxy) is 1. The number of hydrogen-bond donors (Lipinski definition) is 2. The van der Waals surface area contributed by atoms with Crippen molar-refractivity contribution in [2.45, 2.75) is 50.2 Å². The number of nitrogens with one attached hydrogen (secondary N) is 2. The topological polar surface area (TPSA) is 99.7 Å². The summed E-state index contributed by atoms with van der Waals surface area (Å²) in [5.41, 5.74) is 4.60. The molecule has 2 aromatic rings. The Hall–Kier alpha value is -2.43. The number of rotatable bonds is 4. The standard InChI is InChI=1S/C26H34N6O3S/c1-16-23-25(28-15-29-26(23)31-6-8-36(33,34)9-7-31)30-22-11-18(10-21(17-2-3-17)24(22)35-16)19-13-32(14-19)20-4-5-27-12-20/h10-11,15-17,19-20,27H,2-9,12-14H2,1H3,(H,28,29,30)/t16-,20+/m1/s1. The molecule has 0 unspecified atom stereocenters. The molecule has 192 valence electrons. The van der Waals surface area contributed by atoms with Crippen molar-refractivity contribution in [3.8, 4) is 5.75 Å². The number of fused-ring (bicyclic) bond motifs is 2. The molecule has 3 saturated heterocycles. The smallest absolute Gasteiger partial charge is 0.153 e. The third-order valence-corrected chi connectivity index (χ3v) is 10.2. The van der Waals surface area contributed by atoms with E-state index in [0.29, 0.717) is 31.0 Å². The van der Waals surface area contributed by atoms with E-state index in [4.69, 9.17) is 4.74 Å². The predicted molar refractivity (Wildman–Crippen MR) is 139 cm³/mol. The molecule has 1 saturated carbocycles. The molecule has 7 rings (SSSR count). The van der Waals surface area contributed by atoms with Crippen molar-refractivity contribution < 1.29 is 13.2 Å². The van der Waals surface area contributed by atoms with Gasteiger partial charge in [0.25, 0.3) is 0 Å². The summed E-state index contributed by atoms with van der Waals surface area (Å²) in [5.74, 6) is 3.88. The maximum atomic E-state index is 12.0. The van der Waals surface area contributed by atoms with Crippen LogP contribution in [-0.2, 0) is 9.84 Å². The van der Waals surface area contributed by atoms with Gasteiger partial charge in [-0.25, -0.2) is 18.4 Å². The quantitative estimate of drug-likeness (QED) is 0.643. The van der Waals surface area contributed by atoms with Crippen LogP contribution in [0, 0.1) is 0 Å². The maximum absolute atomic E-state index is 12.0. The van der Waals surface area contributed by atoms with Crippen molar-refractivity contribution in [3.05, 3.63) is 35.2 Å². The van der Waals surface area contributed by atoms with Gasteiger partial charge in [-0.2, -0.15) is 0 Å². The van der Waals surface area contributed by atoms with Crippen LogP contribution in [0.1, 0.15) is 60.8 Å². The molecule has 0 radical (unpaired) electrons. The summed E-state index contributed by atoms with van der Waals surface area (Å²) in [5, 5.41) is 7.11. The van der Waals surface area contributed by atoms with Gasteiger partial charge in [-0.1, -0.05) is 6.07 Å². The molecule has 4 aliphatic heterocycles. The van der Waals surface area contributed by atoms with Gasteiger partial charge in [0.1, 0.15) is 29.8 Å². The molecule has 1 aromatic heterocycles. The zero-order chi connectivity index (χ0) is 24.4. The van der Waals surface area contributed by atoms with E-state index in [2.05, 4.69) is 42.5 Å². The van der Waals surface area contributed by atoms with E-state index in [1.807, 2.05) is 6.92 Å². The summed E-state index contributed by atoms with van der Waals surface area (Å²) in [7, 11) is -2.98. The first kappa shape index (κ1) is 22.7. The summed E-state index contributed by atoms with van der Waals surface area (Å²) in [6, 6.07) is 5.35. The second kappa shape index (κ2) is 8.56. The van der Waals surface area contributed by atoms with Crippen LogP contribution in [-0.4, -0.2) is 80.1 Å². The highest BCUT2D eigenvalue weighted by molar-refractivity contribution is 7.91. The van der Waals surface area contributed by atoms with Crippen LogP contribution in [0.4, 0.5) is 17.3 Å². The van der Waals surface area contributed by atoms with Crippen LogP contribution in [0.2, 0.25) is 0 Å². The Morgan fingerprint density at radius 2 is 1.86 bits per heavy atom. The monoisotopic (exact) mass is 510 g/mol. The number of nitrogens with zero attached hydrogens (tertiary/aromatic N) is 4. The highest BCUT2D eigenvalue weighted by Gasteiger charge is 2.38. The third kappa shape index (κ3) is 4.03. The van der Waals surface area contributed by atoms with Crippen molar-refractivity contribution in [1.29, 1.82) is 0 Å². The van der Waals surface area contributed by atoms with Gasteiger partial charge in [0.15, 0.2) is 9.84 Å². The number of benzene rings is 1. The van der Waals surface area contributed by atoms with Crippen LogP contribution in [0.3, 0.4) is 0 Å². The molecule has 36 heavy (non-hydrogen) atoms. The van der Waals surface area contributed by atoms with Crippen molar-refractivity contribution in [3.63, 3.8) is 0 Å². The van der Waals surface area contributed by atoms with Gasteiger partial charge < -0.3 is 20.3 Å². The van der Waals surface area contributed by atoms with Gasteiger partial charge in [-0.05, 0) is 55.8 Å². The zero-order valence-corrected chi connectivity index (χ0v) is 21.6. The number of anilines is 3. The van der Waals surface area contributed by atoms with Gasteiger partial charge in [0.2, 0.25) is 0 Å². The lowest BCUT2D eigenvalue weighted by Crippen LogP contribution is -2.51. The molecule has 1 aromatic carbocycles. The molecule has 10 heteroatoms. The first-order chi connectivity index (χ1) is 17.4. The SMILES string of the molecule is C[C@H]1Oc2c(cc(C3CN([C@H]4CCNC4)C3)cc2C2CC2)Nc2ncnc(N3CCS(=O)(=O)CC3)c21. The second-order valence-electron chi connectivity index (χ2n) is 11.0. The van der Waals surface area contributed by atoms with Crippen molar-refractivity contribution >= 4 is 27.2 Å². The molecule has 5 heterocycles. The molecule has 0 spiro atoms. The number of sulfone groups is 1. The average Bonchev–Trinajstić information content (AvgIpc) is 3.56. The minimum absolute atomic E-state index is 0.152. The highest BCUT2D eigenvalue weighted by Crippen LogP contribution is 2.52. The van der Waals surface area contributed by atoms with Crippen LogP contribution in [0.15, 0.2) is 18.5 Å². The fourth-order valence-corrected chi connectivity index (χ4v) is 7.41. The number of hydrogen-bond acceptors (Lipinski definition) is 9. The van der Waals surface area contributed by atoms with Crippen LogP contribution in [0.5, 0.6) is 5.75 Å². The van der Waals surface area contributed by atoms with E-state index in [-0.39, 0.29) is 17.6 Å². The average molecular weight is 511 g/mol. The lowest BCUT2D eigenvalue weighted by Gasteiger charge is -2.43. The maximum Gasteiger partial charge on any atom is 0.153 e. The minimum atomic E-state index is -2.98. The van der Waals surface area contributed by atoms with Crippen LogP contribution < -0.4 is 20.3 Å². The summed E-state index contributed by atoms with van der Waals surface area (Å²) < 4.78 is 30.7. The van der Waals surface area contributed by atoms with Gasteiger partial charge >= 0.3 is 0 Å². The van der Waals surface area contributed by atoms with E-state index in [0.717, 1.165) is 54.8 Å². The van der Waals surface area contributed by atoms with Crippen molar-refractivity contribution in [2.24, 2.45) is 0 Å². The molecule has 2 N–H and O–H groups in total. The first-order valence-electron chi connectivity index (χ1n) is 13.3. The van der Waals surface area contributed by atoms with E-state index in [1.54, 1.807) is 6.33 Å². The third-order valence-electron chi connectivity index (χ3n) is 8.55. The summed E-state index contributed by atoms with van der Waals surface area (Å²) in [4.78, 5) is 13.9. The van der Waals surface area contributed by atoms with Crippen molar-refractivity contribution in [1.82, 2.24) is 20.2 Å². The summed E-state index contributed by atoms with van der Waals surface area (Å²) in [6.45, 7) is 7.41. The molecule has 0 bridgehead atoms. The lowest BCUT2D eigenvalue weighted by molar-refractivity contribution is 0.101. The normalized spacial score (nSPS) is 27.9. The summed E-state index contributed by atoms with van der Waals surface area (Å²) in [6.07, 6.45) is 4.99. The minimum Gasteiger partial charge on any atom is -0.483 e. The highest BCUT2D eigenvalue weighted by atomic mass is 32.2. The van der Waals surface area contributed by atoms with Gasteiger partial charge in [0.05, 0.1) is 22.8 Å². The van der Waals surface area contributed by atoms with Gasteiger partial charge in [-0.15, -0.1) is 0 Å². The fourth-order valence-electron chi connectivity index (χ4n) is 6.20.